The van der Waals surface area contributed by atoms with E-state index in [0.717, 1.165) is 31.0 Å². The van der Waals surface area contributed by atoms with Gasteiger partial charge in [-0.3, -0.25) is 0 Å². The maximum absolute atomic E-state index is 5.47. The number of nitrogens with zero attached hydrogens (tertiary/aromatic N) is 1. The second kappa shape index (κ2) is 6.04. The van der Waals surface area contributed by atoms with Crippen molar-refractivity contribution in [1.82, 2.24) is 10.5 Å². The van der Waals surface area contributed by atoms with Crippen LogP contribution in [0.4, 0.5) is 0 Å². The first-order valence-electron chi connectivity index (χ1n) is 6.24. The van der Waals surface area contributed by atoms with E-state index in [4.69, 9.17) is 4.52 Å². The van der Waals surface area contributed by atoms with E-state index in [2.05, 4.69) is 45.1 Å². The SMILES string of the molecule is CCNCc1noc(CC(C)C)c1C(C)C. The smallest absolute Gasteiger partial charge is 0.140 e. The van der Waals surface area contributed by atoms with Crippen molar-refractivity contribution in [2.24, 2.45) is 5.92 Å². The minimum atomic E-state index is 0.480. The fourth-order valence-corrected chi connectivity index (χ4v) is 1.91. The molecule has 1 aromatic heterocycles. The highest BCUT2D eigenvalue weighted by Crippen LogP contribution is 2.25. The van der Waals surface area contributed by atoms with Gasteiger partial charge in [-0.25, -0.2) is 0 Å². The summed E-state index contributed by atoms with van der Waals surface area (Å²) in [5.41, 5.74) is 2.38. The van der Waals surface area contributed by atoms with Crippen LogP contribution >= 0.6 is 0 Å². The summed E-state index contributed by atoms with van der Waals surface area (Å²) in [7, 11) is 0. The van der Waals surface area contributed by atoms with E-state index in [0.29, 0.717) is 11.8 Å². The average Bonchev–Trinajstić information content (AvgIpc) is 2.56. The van der Waals surface area contributed by atoms with Crippen molar-refractivity contribution in [3.63, 3.8) is 0 Å². The summed E-state index contributed by atoms with van der Waals surface area (Å²) in [6.07, 6.45) is 0.979. The third-order valence-corrected chi connectivity index (χ3v) is 2.59. The Morgan fingerprint density at radius 3 is 2.44 bits per heavy atom. The van der Waals surface area contributed by atoms with Gasteiger partial charge in [-0.05, 0) is 18.4 Å². The summed E-state index contributed by atoms with van der Waals surface area (Å²) in [6.45, 7) is 12.7. The largest absolute Gasteiger partial charge is 0.361 e. The monoisotopic (exact) mass is 224 g/mol. The van der Waals surface area contributed by atoms with Gasteiger partial charge >= 0.3 is 0 Å². The van der Waals surface area contributed by atoms with Crippen molar-refractivity contribution in [2.75, 3.05) is 6.54 Å². The van der Waals surface area contributed by atoms with E-state index in [1.54, 1.807) is 0 Å². The highest BCUT2D eigenvalue weighted by atomic mass is 16.5. The van der Waals surface area contributed by atoms with Gasteiger partial charge in [0.15, 0.2) is 0 Å². The molecular formula is C13H24N2O. The van der Waals surface area contributed by atoms with Gasteiger partial charge in [0.1, 0.15) is 11.5 Å². The summed E-state index contributed by atoms with van der Waals surface area (Å²) in [5.74, 6) is 2.16. The van der Waals surface area contributed by atoms with Crippen LogP contribution in [0.3, 0.4) is 0 Å². The lowest BCUT2D eigenvalue weighted by Gasteiger charge is -2.09. The summed E-state index contributed by atoms with van der Waals surface area (Å²) in [5, 5.41) is 7.49. The Morgan fingerprint density at radius 1 is 1.25 bits per heavy atom. The summed E-state index contributed by atoms with van der Waals surface area (Å²) >= 11 is 0. The Kier molecular flexibility index (Phi) is 5.00. The molecule has 0 radical (unpaired) electrons. The van der Waals surface area contributed by atoms with Crippen molar-refractivity contribution in [2.45, 2.75) is 53.5 Å². The zero-order valence-electron chi connectivity index (χ0n) is 11.1. The normalized spacial score (nSPS) is 11.7. The predicted octanol–water partition coefficient (Wildman–Crippen LogP) is 3.11. The van der Waals surface area contributed by atoms with Crippen LogP contribution in [0.5, 0.6) is 0 Å². The lowest BCUT2D eigenvalue weighted by Crippen LogP contribution is -2.14. The van der Waals surface area contributed by atoms with Gasteiger partial charge in [-0.1, -0.05) is 39.8 Å². The Balaban J connectivity index is 2.88. The summed E-state index contributed by atoms with van der Waals surface area (Å²) in [4.78, 5) is 0. The van der Waals surface area contributed by atoms with Gasteiger partial charge in [0.25, 0.3) is 0 Å². The highest BCUT2D eigenvalue weighted by Gasteiger charge is 2.18. The average molecular weight is 224 g/mol. The van der Waals surface area contributed by atoms with Crippen LogP contribution in [0, 0.1) is 5.92 Å². The van der Waals surface area contributed by atoms with Gasteiger partial charge in [0, 0.05) is 18.5 Å². The molecule has 0 unspecified atom stereocenters. The van der Waals surface area contributed by atoms with Crippen LogP contribution in [0.15, 0.2) is 4.52 Å². The molecule has 0 aliphatic rings. The Bertz CT molecular complexity index is 316. The first-order chi connectivity index (χ1) is 7.56. The Hall–Kier alpha value is -0.830. The molecule has 0 amide bonds. The molecule has 1 N–H and O–H groups in total. The number of nitrogens with one attached hydrogen (secondary N) is 1. The second-order valence-corrected chi connectivity index (χ2v) is 5.00. The molecule has 0 aliphatic carbocycles. The topological polar surface area (TPSA) is 38.1 Å². The van der Waals surface area contributed by atoms with Crippen molar-refractivity contribution in [1.29, 1.82) is 0 Å². The molecule has 0 spiro atoms. The van der Waals surface area contributed by atoms with Gasteiger partial charge in [0.05, 0.1) is 0 Å². The van der Waals surface area contributed by atoms with Crippen LogP contribution in [-0.2, 0) is 13.0 Å². The molecule has 1 heterocycles. The van der Waals surface area contributed by atoms with Gasteiger partial charge in [0.2, 0.25) is 0 Å². The third-order valence-electron chi connectivity index (χ3n) is 2.59. The zero-order valence-corrected chi connectivity index (χ0v) is 11.1. The van der Waals surface area contributed by atoms with Crippen LogP contribution in [0.1, 0.15) is 57.6 Å². The Labute approximate surface area is 98.6 Å². The standard InChI is InChI=1S/C13H24N2O/c1-6-14-8-11-13(10(4)5)12(16-15-11)7-9(2)3/h9-10,14H,6-8H2,1-5H3. The molecule has 0 bridgehead atoms. The molecule has 0 atom stereocenters. The molecule has 16 heavy (non-hydrogen) atoms. The molecule has 0 fully saturated rings. The zero-order chi connectivity index (χ0) is 12.1. The van der Waals surface area contributed by atoms with Crippen LogP contribution < -0.4 is 5.32 Å². The third kappa shape index (κ3) is 3.34. The van der Waals surface area contributed by atoms with E-state index < -0.39 is 0 Å². The van der Waals surface area contributed by atoms with Gasteiger partial charge < -0.3 is 9.84 Å². The van der Waals surface area contributed by atoms with Crippen molar-refractivity contribution in [3.05, 3.63) is 17.0 Å². The number of hydrogen-bond acceptors (Lipinski definition) is 3. The fourth-order valence-electron chi connectivity index (χ4n) is 1.91. The molecule has 3 heteroatoms. The lowest BCUT2D eigenvalue weighted by molar-refractivity contribution is 0.360. The summed E-state index contributed by atoms with van der Waals surface area (Å²) < 4.78 is 5.47. The van der Waals surface area contributed by atoms with Crippen molar-refractivity contribution >= 4 is 0 Å². The number of aromatic nitrogens is 1. The first-order valence-corrected chi connectivity index (χ1v) is 6.24. The van der Waals surface area contributed by atoms with Crippen LogP contribution in [0.2, 0.25) is 0 Å². The number of rotatable bonds is 6. The Morgan fingerprint density at radius 2 is 1.94 bits per heavy atom. The first kappa shape index (κ1) is 13.2. The van der Waals surface area contributed by atoms with Crippen molar-refractivity contribution < 1.29 is 4.52 Å². The van der Waals surface area contributed by atoms with Gasteiger partial charge in [-0.15, -0.1) is 0 Å². The minimum absolute atomic E-state index is 0.480. The molecular weight excluding hydrogens is 200 g/mol. The van der Waals surface area contributed by atoms with Crippen LogP contribution in [-0.4, -0.2) is 11.7 Å². The fraction of sp³-hybridized carbons (Fsp3) is 0.769. The van der Waals surface area contributed by atoms with E-state index in [1.807, 2.05) is 0 Å². The van der Waals surface area contributed by atoms with Crippen molar-refractivity contribution in [3.8, 4) is 0 Å². The molecule has 0 saturated heterocycles. The molecule has 3 nitrogen and oxygen atoms in total. The number of hydrogen-bond donors (Lipinski definition) is 1. The quantitative estimate of drug-likeness (QED) is 0.807. The van der Waals surface area contributed by atoms with E-state index >= 15 is 0 Å². The maximum atomic E-state index is 5.47. The molecule has 92 valence electrons. The van der Waals surface area contributed by atoms with Crippen LogP contribution in [0.25, 0.3) is 0 Å². The molecule has 0 aliphatic heterocycles. The van der Waals surface area contributed by atoms with E-state index in [9.17, 15) is 0 Å². The molecule has 0 saturated carbocycles. The molecule has 1 aromatic rings. The van der Waals surface area contributed by atoms with E-state index in [-0.39, 0.29) is 0 Å². The maximum Gasteiger partial charge on any atom is 0.140 e. The summed E-state index contributed by atoms with van der Waals surface area (Å²) in [6, 6.07) is 0. The minimum Gasteiger partial charge on any atom is -0.361 e. The van der Waals surface area contributed by atoms with Gasteiger partial charge in [-0.2, -0.15) is 0 Å². The molecule has 1 rings (SSSR count). The highest BCUT2D eigenvalue weighted by molar-refractivity contribution is 5.26. The second-order valence-electron chi connectivity index (χ2n) is 5.00. The van der Waals surface area contributed by atoms with E-state index in [1.165, 1.54) is 5.56 Å². The lowest BCUT2D eigenvalue weighted by atomic mass is 9.96. The molecule has 0 aromatic carbocycles. The predicted molar refractivity (Wildman–Crippen MR) is 66.5 cm³/mol.